The van der Waals surface area contributed by atoms with Gasteiger partial charge >= 0.3 is 0 Å². The monoisotopic (exact) mass is 258 g/mol. The van der Waals surface area contributed by atoms with E-state index in [0.717, 1.165) is 17.8 Å². The van der Waals surface area contributed by atoms with Crippen molar-refractivity contribution in [3.8, 4) is 0 Å². The maximum absolute atomic E-state index is 13.3. The van der Waals surface area contributed by atoms with Gasteiger partial charge in [-0.2, -0.15) is 0 Å². The van der Waals surface area contributed by atoms with Crippen molar-refractivity contribution in [3.05, 3.63) is 47.4 Å². The van der Waals surface area contributed by atoms with Crippen molar-refractivity contribution in [2.75, 3.05) is 0 Å². The number of hydrogen-bond donors (Lipinski definition) is 0. The Morgan fingerprint density at radius 3 is 2.56 bits per heavy atom. The van der Waals surface area contributed by atoms with E-state index in [1.165, 1.54) is 24.5 Å². The first-order valence-electron chi connectivity index (χ1n) is 4.25. The van der Waals surface area contributed by atoms with Crippen LogP contribution in [0.3, 0.4) is 0 Å². The molecule has 0 N–H and O–H groups in total. The van der Waals surface area contributed by atoms with Crippen molar-refractivity contribution in [2.45, 2.75) is 9.92 Å². The van der Waals surface area contributed by atoms with Gasteiger partial charge < -0.3 is 0 Å². The van der Waals surface area contributed by atoms with E-state index >= 15 is 0 Å². The Kier molecular flexibility index (Phi) is 3.36. The highest BCUT2D eigenvalue weighted by Gasteiger charge is 2.06. The van der Waals surface area contributed by atoms with Crippen molar-refractivity contribution in [3.63, 3.8) is 0 Å². The summed E-state index contributed by atoms with van der Waals surface area (Å²) in [6, 6.07) is 3.37. The molecule has 1 heterocycles. The van der Waals surface area contributed by atoms with E-state index in [1.54, 1.807) is 0 Å². The second-order valence-electron chi connectivity index (χ2n) is 2.85. The van der Waals surface area contributed by atoms with E-state index in [4.69, 9.17) is 11.6 Å². The Balaban J connectivity index is 2.23. The van der Waals surface area contributed by atoms with E-state index in [9.17, 15) is 8.78 Å². The Morgan fingerprint density at radius 1 is 1.12 bits per heavy atom. The molecular formula is C10H5ClF2N2S. The van der Waals surface area contributed by atoms with Gasteiger partial charge in [0.1, 0.15) is 21.8 Å². The van der Waals surface area contributed by atoms with Gasteiger partial charge in [0, 0.05) is 11.0 Å². The molecule has 0 bridgehead atoms. The second-order valence-corrected chi connectivity index (χ2v) is 4.30. The number of aromatic nitrogens is 2. The molecule has 0 atom stereocenters. The molecule has 0 spiro atoms. The topological polar surface area (TPSA) is 25.8 Å². The molecule has 0 aliphatic rings. The molecule has 0 saturated heterocycles. The van der Waals surface area contributed by atoms with Crippen LogP contribution in [0.25, 0.3) is 0 Å². The van der Waals surface area contributed by atoms with Crippen LogP contribution in [0.4, 0.5) is 8.78 Å². The van der Waals surface area contributed by atoms with Crippen molar-refractivity contribution in [2.24, 2.45) is 0 Å². The predicted octanol–water partition coefficient (Wildman–Crippen LogP) is 3.56. The van der Waals surface area contributed by atoms with Crippen molar-refractivity contribution >= 4 is 23.4 Å². The predicted molar refractivity (Wildman–Crippen MR) is 57.5 cm³/mol. The minimum atomic E-state index is -0.623. The highest BCUT2D eigenvalue weighted by molar-refractivity contribution is 7.99. The van der Waals surface area contributed by atoms with Gasteiger partial charge in [0.25, 0.3) is 0 Å². The number of halogens is 3. The van der Waals surface area contributed by atoms with E-state index in [-0.39, 0.29) is 10.0 Å². The van der Waals surface area contributed by atoms with Crippen LogP contribution in [0.5, 0.6) is 0 Å². The minimum absolute atomic E-state index is 0.268. The van der Waals surface area contributed by atoms with Crippen molar-refractivity contribution < 1.29 is 8.78 Å². The number of hydrogen-bond acceptors (Lipinski definition) is 3. The Bertz CT molecular complexity index is 505. The fourth-order valence-corrected chi connectivity index (χ4v) is 1.85. The first-order chi connectivity index (χ1) is 7.65. The zero-order valence-corrected chi connectivity index (χ0v) is 9.40. The van der Waals surface area contributed by atoms with Crippen LogP contribution in [-0.4, -0.2) is 9.97 Å². The summed E-state index contributed by atoms with van der Waals surface area (Å²) >= 11 is 6.62. The molecule has 0 amide bonds. The molecule has 6 heteroatoms. The van der Waals surface area contributed by atoms with Crippen LogP contribution in [0, 0.1) is 11.6 Å². The molecule has 0 aliphatic carbocycles. The van der Waals surface area contributed by atoms with Crippen LogP contribution < -0.4 is 0 Å². The lowest BCUT2D eigenvalue weighted by molar-refractivity contribution is 0.565. The van der Waals surface area contributed by atoms with Gasteiger partial charge in [0.2, 0.25) is 0 Å². The molecule has 0 saturated carbocycles. The van der Waals surface area contributed by atoms with E-state index < -0.39 is 11.6 Å². The quantitative estimate of drug-likeness (QED) is 0.824. The third kappa shape index (κ3) is 2.68. The Hall–Kier alpha value is -1.20. The first kappa shape index (κ1) is 11.3. The summed E-state index contributed by atoms with van der Waals surface area (Å²) < 4.78 is 25.9. The third-order valence-corrected chi connectivity index (χ3v) is 2.87. The van der Waals surface area contributed by atoms with Gasteiger partial charge in [-0.05, 0) is 12.1 Å². The molecular weight excluding hydrogens is 254 g/mol. The molecule has 0 fully saturated rings. The normalized spacial score (nSPS) is 10.4. The van der Waals surface area contributed by atoms with E-state index in [0.29, 0.717) is 5.03 Å². The van der Waals surface area contributed by atoms with Gasteiger partial charge in [-0.25, -0.2) is 18.7 Å². The Labute approximate surface area is 99.7 Å². The summed E-state index contributed by atoms with van der Waals surface area (Å²) in [6.45, 7) is 0. The largest absolute Gasteiger partial charge is 0.245 e. The summed E-state index contributed by atoms with van der Waals surface area (Å²) in [5.41, 5.74) is 0. The molecule has 82 valence electrons. The average molecular weight is 259 g/mol. The van der Waals surface area contributed by atoms with E-state index in [1.807, 2.05) is 0 Å². The van der Waals surface area contributed by atoms with Crippen LogP contribution in [0.2, 0.25) is 5.15 Å². The third-order valence-electron chi connectivity index (χ3n) is 1.71. The number of benzene rings is 1. The average Bonchev–Trinajstić information content (AvgIpc) is 2.25. The highest BCUT2D eigenvalue weighted by Crippen LogP contribution is 2.28. The molecule has 2 aromatic rings. The number of rotatable bonds is 2. The fourth-order valence-electron chi connectivity index (χ4n) is 1.02. The lowest BCUT2D eigenvalue weighted by Crippen LogP contribution is -1.86. The van der Waals surface area contributed by atoms with Crippen LogP contribution in [0.1, 0.15) is 0 Å². The molecule has 0 aliphatic heterocycles. The molecule has 2 rings (SSSR count). The summed E-state index contributed by atoms with van der Waals surface area (Å²) in [6.07, 6.45) is 2.79. The number of nitrogens with zero attached hydrogens (tertiary/aromatic N) is 2. The SMILES string of the molecule is Fc1ccc(Sc2cnc(Cl)cn2)c(F)c1. The fraction of sp³-hybridized carbons (Fsp3) is 0. The molecule has 2 nitrogen and oxygen atoms in total. The van der Waals surface area contributed by atoms with Crippen LogP contribution in [-0.2, 0) is 0 Å². The molecule has 1 aromatic heterocycles. The maximum Gasteiger partial charge on any atom is 0.147 e. The lowest BCUT2D eigenvalue weighted by atomic mass is 10.3. The van der Waals surface area contributed by atoms with Gasteiger partial charge in [0.05, 0.1) is 12.4 Å². The van der Waals surface area contributed by atoms with Crippen LogP contribution in [0.15, 0.2) is 40.5 Å². The second kappa shape index (κ2) is 4.76. The summed E-state index contributed by atoms with van der Waals surface area (Å²) in [4.78, 5) is 8.04. The highest BCUT2D eigenvalue weighted by atomic mass is 35.5. The summed E-state index contributed by atoms with van der Waals surface area (Å²) in [5.74, 6) is -1.23. The molecule has 0 radical (unpaired) electrons. The summed E-state index contributed by atoms with van der Waals surface area (Å²) in [7, 11) is 0. The first-order valence-corrected chi connectivity index (χ1v) is 5.45. The maximum atomic E-state index is 13.3. The van der Waals surface area contributed by atoms with Gasteiger partial charge in [0.15, 0.2) is 0 Å². The standard InChI is InChI=1S/C10H5ClF2N2S/c11-9-4-15-10(5-14-9)16-8-2-1-6(12)3-7(8)13/h1-5H. The lowest BCUT2D eigenvalue weighted by Gasteiger charge is -2.01. The smallest absolute Gasteiger partial charge is 0.147 e. The summed E-state index contributed by atoms with van der Waals surface area (Å²) in [5, 5.41) is 0.763. The van der Waals surface area contributed by atoms with E-state index in [2.05, 4.69) is 9.97 Å². The Morgan fingerprint density at radius 2 is 1.94 bits per heavy atom. The zero-order chi connectivity index (χ0) is 11.5. The van der Waals surface area contributed by atoms with Crippen LogP contribution >= 0.6 is 23.4 Å². The van der Waals surface area contributed by atoms with Gasteiger partial charge in [-0.1, -0.05) is 23.4 Å². The van der Waals surface area contributed by atoms with Crippen molar-refractivity contribution in [1.82, 2.24) is 9.97 Å². The van der Waals surface area contributed by atoms with Gasteiger partial charge in [-0.3, -0.25) is 0 Å². The molecule has 16 heavy (non-hydrogen) atoms. The molecule has 0 unspecified atom stereocenters. The van der Waals surface area contributed by atoms with Gasteiger partial charge in [-0.15, -0.1) is 0 Å². The minimum Gasteiger partial charge on any atom is -0.245 e. The zero-order valence-electron chi connectivity index (χ0n) is 7.82. The van der Waals surface area contributed by atoms with Crippen molar-refractivity contribution in [1.29, 1.82) is 0 Å². The molecule has 1 aromatic carbocycles.